The molecule has 1 aliphatic carbocycles. The molecule has 1 atom stereocenters. The molecule has 9 nitrogen and oxygen atoms in total. The maximum atomic E-state index is 10.2. The van der Waals surface area contributed by atoms with Crippen LogP contribution in [0.2, 0.25) is 0 Å². The molecule has 0 spiro atoms. The average molecular weight is 335 g/mol. The molecule has 4 heterocycles. The van der Waals surface area contributed by atoms with Gasteiger partial charge < -0.3 is 9.63 Å². The smallest absolute Gasteiger partial charge is 0.348 e. The lowest BCUT2D eigenvalue weighted by Gasteiger charge is -2.35. The van der Waals surface area contributed by atoms with Gasteiger partial charge in [-0.1, -0.05) is 23.4 Å². The van der Waals surface area contributed by atoms with Gasteiger partial charge in [0, 0.05) is 5.56 Å². The van der Waals surface area contributed by atoms with Crippen LogP contribution in [0.5, 0.6) is 0 Å². The molecular formula is C16H13N7O2. The standard InChI is InChI=1S/C16H13N7O2/c24-16(5-6-16)14-19-15(25-20-14)22-9-18-13-10-3-1-2-4-11(10)21-8-17-7-12(21)23(13)22/h1-4,7-9,13,24H,5-6H2. The fourth-order valence-electron chi connectivity index (χ4n) is 3.36. The summed E-state index contributed by atoms with van der Waals surface area (Å²) < 4.78 is 7.39. The highest BCUT2D eigenvalue weighted by atomic mass is 16.5. The summed E-state index contributed by atoms with van der Waals surface area (Å²) in [5.74, 6) is 1.18. The number of aromatic nitrogens is 4. The zero-order valence-electron chi connectivity index (χ0n) is 13.0. The Bertz CT molecular complexity index is 1020. The zero-order chi connectivity index (χ0) is 16.6. The summed E-state index contributed by atoms with van der Waals surface area (Å²) in [6.45, 7) is 0. The lowest BCUT2D eigenvalue weighted by atomic mass is 10.1. The first-order valence-corrected chi connectivity index (χ1v) is 8.04. The van der Waals surface area contributed by atoms with Crippen LogP contribution in [0.25, 0.3) is 5.69 Å². The molecule has 1 fully saturated rings. The Kier molecular flexibility index (Phi) is 2.23. The van der Waals surface area contributed by atoms with Crippen LogP contribution in [0.3, 0.4) is 0 Å². The van der Waals surface area contributed by atoms with Gasteiger partial charge in [-0.3, -0.25) is 4.57 Å². The number of benzene rings is 1. The Labute approximate surface area is 141 Å². The van der Waals surface area contributed by atoms with E-state index in [2.05, 4.69) is 20.1 Å². The molecule has 1 N–H and O–H groups in total. The van der Waals surface area contributed by atoms with Gasteiger partial charge in [0.2, 0.25) is 5.82 Å². The molecular weight excluding hydrogens is 322 g/mol. The van der Waals surface area contributed by atoms with Gasteiger partial charge in [0.05, 0.1) is 11.9 Å². The second-order valence-electron chi connectivity index (χ2n) is 6.44. The van der Waals surface area contributed by atoms with Crippen molar-refractivity contribution in [1.82, 2.24) is 19.7 Å². The summed E-state index contributed by atoms with van der Waals surface area (Å²) in [6.07, 6.45) is 6.31. The molecule has 6 rings (SSSR count). The Morgan fingerprint density at radius 2 is 2.12 bits per heavy atom. The van der Waals surface area contributed by atoms with Crippen LogP contribution in [0.4, 0.5) is 11.8 Å². The van der Waals surface area contributed by atoms with Crippen molar-refractivity contribution in [3.8, 4) is 5.69 Å². The maximum Gasteiger partial charge on any atom is 0.348 e. The number of rotatable bonds is 2. The number of hydrogen-bond donors (Lipinski definition) is 1. The summed E-state index contributed by atoms with van der Waals surface area (Å²) in [4.78, 5) is 13.3. The van der Waals surface area contributed by atoms with E-state index >= 15 is 0 Å². The largest absolute Gasteiger partial charge is 0.382 e. The minimum absolute atomic E-state index is 0.222. The van der Waals surface area contributed by atoms with Crippen LogP contribution in [-0.4, -0.2) is 31.1 Å². The van der Waals surface area contributed by atoms with Crippen LogP contribution in [0.1, 0.15) is 30.4 Å². The van der Waals surface area contributed by atoms with E-state index in [4.69, 9.17) is 4.52 Å². The van der Waals surface area contributed by atoms with Gasteiger partial charge in [-0.2, -0.15) is 9.99 Å². The van der Waals surface area contributed by atoms with Crippen LogP contribution in [-0.2, 0) is 5.60 Å². The molecule has 0 radical (unpaired) electrons. The summed E-state index contributed by atoms with van der Waals surface area (Å²) in [5.41, 5.74) is 1.18. The Balaban J connectivity index is 1.47. The maximum absolute atomic E-state index is 10.2. The van der Waals surface area contributed by atoms with Crippen LogP contribution < -0.4 is 10.0 Å². The molecule has 25 heavy (non-hydrogen) atoms. The van der Waals surface area contributed by atoms with Gasteiger partial charge >= 0.3 is 6.01 Å². The summed E-state index contributed by atoms with van der Waals surface area (Å²) in [6, 6.07) is 8.35. The van der Waals surface area contributed by atoms with E-state index in [0.717, 1.165) is 17.1 Å². The number of hydrogen-bond acceptors (Lipinski definition) is 8. The number of aliphatic imine (C=N–C) groups is 1. The third-order valence-electron chi connectivity index (χ3n) is 4.86. The summed E-state index contributed by atoms with van der Waals surface area (Å²) in [7, 11) is 0. The number of nitrogens with zero attached hydrogens (tertiary/aromatic N) is 7. The normalized spacial score (nSPS) is 21.9. The van der Waals surface area contributed by atoms with Crippen molar-refractivity contribution in [2.75, 3.05) is 10.0 Å². The zero-order valence-corrected chi connectivity index (χ0v) is 13.0. The monoisotopic (exact) mass is 335 g/mol. The van der Waals surface area contributed by atoms with Crippen molar-refractivity contribution < 1.29 is 9.63 Å². The van der Waals surface area contributed by atoms with Crippen LogP contribution in [0, 0.1) is 0 Å². The van der Waals surface area contributed by atoms with Crippen molar-refractivity contribution in [2.45, 2.75) is 24.6 Å². The van der Waals surface area contributed by atoms with Gasteiger partial charge in [-0.25, -0.2) is 15.0 Å². The van der Waals surface area contributed by atoms with Gasteiger partial charge in [0.25, 0.3) is 0 Å². The second-order valence-corrected chi connectivity index (χ2v) is 6.44. The van der Waals surface area contributed by atoms with Gasteiger partial charge in [0.15, 0.2) is 12.0 Å². The first kappa shape index (κ1) is 13.1. The van der Waals surface area contributed by atoms with E-state index in [9.17, 15) is 5.11 Å². The number of aliphatic hydroxyl groups is 1. The molecule has 1 aromatic carbocycles. The Hall–Kier alpha value is -3.20. The van der Waals surface area contributed by atoms with Gasteiger partial charge in [-0.05, 0) is 18.9 Å². The van der Waals surface area contributed by atoms with Crippen molar-refractivity contribution >= 4 is 18.2 Å². The van der Waals surface area contributed by atoms with Crippen molar-refractivity contribution in [3.05, 3.63) is 48.2 Å². The van der Waals surface area contributed by atoms with Crippen molar-refractivity contribution in [1.29, 1.82) is 0 Å². The van der Waals surface area contributed by atoms with Crippen molar-refractivity contribution in [2.24, 2.45) is 4.99 Å². The molecule has 1 saturated carbocycles. The minimum Gasteiger partial charge on any atom is -0.382 e. The van der Waals surface area contributed by atoms with E-state index in [1.54, 1.807) is 23.9 Å². The molecule has 2 aliphatic heterocycles. The lowest BCUT2D eigenvalue weighted by molar-refractivity contribution is 0.137. The second kappa shape index (κ2) is 4.25. The van der Waals surface area contributed by atoms with Crippen molar-refractivity contribution in [3.63, 3.8) is 0 Å². The predicted molar refractivity (Wildman–Crippen MR) is 87.2 cm³/mol. The third kappa shape index (κ3) is 1.65. The quantitative estimate of drug-likeness (QED) is 0.758. The molecule has 3 aliphatic rings. The molecule has 0 amide bonds. The van der Waals surface area contributed by atoms with E-state index in [0.29, 0.717) is 18.7 Å². The molecule has 0 saturated heterocycles. The van der Waals surface area contributed by atoms with E-state index in [-0.39, 0.29) is 12.2 Å². The molecule has 1 unspecified atom stereocenters. The van der Waals surface area contributed by atoms with E-state index in [1.807, 2.05) is 33.8 Å². The molecule has 0 bridgehead atoms. The van der Waals surface area contributed by atoms with Gasteiger partial charge in [0.1, 0.15) is 18.3 Å². The molecule has 124 valence electrons. The minimum atomic E-state index is -0.936. The fraction of sp³-hybridized carbons (Fsp3) is 0.250. The highest BCUT2D eigenvalue weighted by molar-refractivity contribution is 5.84. The molecule has 9 heteroatoms. The SMILES string of the molecule is OC1(c2noc(N3C=NC4c5ccccc5-n5cncc5N43)n2)CC1. The summed E-state index contributed by atoms with van der Waals surface area (Å²) in [5, 5.41) is 17.8. The number of anilines is 2. The average Bonchev–Trinajstić information content (AvgIpc) is 3.12. The van der Waals surface area contributed by atoms with E-state index < -0.39 is 5.60 Å². The first-order chi connectivity index (χ1) is 12.2. The summed E-state index contributed by atoms with van der Waals surface area (Å²) >= 11 is 0. The van der Waals surface area contributed by atoms with Gasteiger partial charge in [-0.15, -0.1) is 0 Å². The first-order valence-electron chi connectivity index (χ1n) is 8.04. The number of para-hydroxylation sites is 1. The lowest BCUT2D eigenvalue weighted by Crippen LogP contribution is -2.42. The predicted octanol–water partition coefficient (Wildman–Crippen LogP) is 1.52. The van der Waals surface area contributed by atoms with E-state index in [1.165, 1.54) is 0 Å². The van der Waals surface area contributed by atoms with Crippen LogP contribution >= 0.6 is 0 Å². The highest BCUT2D eigenvalue weighted by Gasteiger charge is 2.48. The Morgan fingerprint density at radius 3 is 3.00 bits per heavy atom. The third-order valence-corrected chi connectivity index (χ3v) is 4.86. The Morgan fingerprint density at radius 1 is 1.24 bits per heavy atom. The topological polar surface area (TPSA) is 95.8 Å². The fourth-order valence-corrected chi connectivity index (χ4v) is 3.36. The highest BCUT2D eigenvalue weighted by Crippen LogP contribution is 2.45. The van der Waals surface area contributed by atoms with Crippen LogP contribution in [0.15, 0.2) is 46.3 Å². The number of fused-ring (bicyclic) bond motifs is 6. The molecule has 2 aromatic heterocycles. The number of imidazole rings is 1. The number of hydrazine groups is 1. The molecule has 3 aromatic rings.